The predicted molar refractivity (Wildman–Crippen MR) is 151 cm³/mol. The number of nitrogen functional groups attached to an aromatic ring is 1. The summed E-state index contributed by atoms with van der Waals surface area (Å²) in [4.78, 5) is 23.7. The predicted octanol–water partition coefficient (Wildman–Crippen LogP) is 3.29. The molecule has 2 saturated heterocycles. The van der Waals surface area contributed by atoms with E-state index in [1.165, 1.54) is 0 Å². The molecular weight excluding hydrogens is 530 g/mol. The highest BCUT2D eigenvalue weighted by molar-refractivity contribution is 7.91. The fourth-order valence-corrected chi connectivity index (χ4v) is 7.40. The van der Waals surface area contributed by atoms with Gasteiger partial charge in [-0.2, -0.15) is 0 Å². The van der Waals surface area contributed by atoms with Gasteiger partial charge in [-0.05, 0) is 62.1 Å². The van der Waals surface area contributed by atoms with E-state index in [0.717, 1.165) is 35.8 Å². The first kappa shape index (κ1) is 22.8. The van der Waals surface area contributed by atoms with Gasteiger partial charge in [-0.1, -0.05) is 6.07 Å². The Morgan fingerprint density at radius 3 is 2.42 bits per heavy atom. The number of nitrogens with two attached hydrogens (primary N) is 1. The summed E-state index contributed by atoms with van der Waals surface area (Å²) in [6.07, 6.45) is 7.17. The summed E-state index contributed by atoms with van der Waals surface area (Å²) in [6.45, 7) is -0.548. The van der Waals surface area contributed by atoms with Crippen LogP contribution in [-0.2, 0) is 14.6 Å². The summed E-state index contributed by atoms with van der Waals surface area (Å²) >= 11 is 0. The Labute approximate surface area is 236 Å². The minimum atomic E-state index is -3.74. The third kappa shape index (κ3) is 4.39. The number of methoxy groups -OCH3 is 1. The fraction of sp³-hybridized carbons (Fsp3) is 0.345. The highest BCUT2D eigenvalue weighted by Gasteiger charge is 2.45. The maximum atomic E-state index is 13.0. The van der Waals surface area contributed by atoms with Crippen LogP contribution in [0.5, 0.6) is 5.75 Å². The van der Waals surface area contributed by atoms with Crippen molar-refractivity contribution in [2.45, 2.75) is 48.6 Å². The molecule has 0 aliphatic carbocycles. The van der Waals surface area contributed by atoms with Crippen LogP contribution in [0.2, 0.25) is 0 Å². The number of carbonyl (C=O) groups is 1. The normalized spacial score (nSPS) is 22.1. The van der Waals surface area contributed by atoms with Crippen LogP contribution in [0.15, 0.2) is 59.8 Å². The van der Waals surface area contributed by atoms with Crippen molar-refractivity contribution in [1.82, 2.24) is 19.3 Å². The van der Waals surface area contributed by atoms with Crippen molar-refractivity contribution in [3.8, 4) is 28.1 Å². The van der Waals surface area contributed by atoms with Crippen molar-refractivity contribution < 1.29 is 27.2 Å². The lowest BCUT2D eigenvalue weighted by Gasteiger charge is -2.39. The molecular formula is C29H31N5O5S. The van der Waals surface area contributed by atoms with Gasteiger partial charge < -0.3 is 20.5 Å². The molecule has 4 aromatic rings. The third-order valence-corrected chi connectivity index (χ3v) is 9.23. The maximum Gasteiger partial charge on any atom is 0.248 e. The number of aliphatic hydroxyl groups excluding tert-OH is 1. The average molecular weight is 565 g/mol. The summed E-state index contributed by atoms with van der Waals surface area (Å²) in [6, 6.07) is 11.9. The molecule has 208 valence electrons. The second-order valence-electron chi connectivity index (χ2n) is 10.5. The maximum absolute atomic E-state index is 13.0. The summed E-state index contributed by atoms with van der Waals surface area (Å²) in [5.74, 6) is -0.217. The van der Waals surface area contributed by atoms with Gasteiger partial charge in [-0.25, -0.2) is 13.4 Å². The first-order valence-corrected chi connectivity index (χ1v) is 14.9. The van der Waals surface area contributed by atoms with E-state index in [4.69, 9.17) is 19.6 Å². The van der Waals surface area contributed by atoms with Crippen LogP contribution in [0, 0.1) is 0 Å². The van der Waals surface area contributed by atoms with Gasteiger partial charge in [0.1, 0.15) is 28.7 Å². The molecule has 3 atom stereocenters. The zero-order valence-corrected chi connectivity index (χ0v) is 22.6. The van der Waals surface area contributed by atoms with Crippen molar-refractivity contribution in [2.24, 2.45) is 0 Å². The molecule has 0 saturated carbocycles. The van der Waals surface area contributed by atoms with E-state index >= 15 is 0 Å². The van der Waals surface area contributed by atoms with Gasteiger partial charge in [0.15, 0.2) is 9.84 Å². The lowest BCUT2D eigenvalue weighted by Crippen LogP contribution is -2.47. The van der Waals surface area contributed by atoms with Crippen molar-refractivity contribution in [3.63, 3.8) is 0 Å². The van der Waals surface area contributed by atoms with E-state index < -0.39 is 23.5 Å². The van der Waals surface area contributed by atoms with Crippen LogP contribution in [0.25, 0.3) is 28.0 Å². The summed E-state index contributed by atoms with van der Waals surface area (Å²) < 4.78 is 54.3. The van der Waals surface area contributed by atoms with E-state index in [9.17, 15) is 18.3 Å². The fourth-order valence-electron chi connectivity index (χ4n) is 6.33. The number of nitrogens with zero attached hydrogens (tertiary/aromatic N) is 4. The molecule has 3 N–H and O–H groups in total. The summed E-state index contributed by atoms with van der Waals surface area (Å²) in [5, 5.41) is 9.45. The summed E-state index contributed by atoms with van der Waals surface area (Å²) in [7, 11) is -6.27. The van der Waals surface area contributed by atoms with Gasteiger partial charge in [-0.15, -0.1) is 0 Å². The molecule has 0 radical (unpaired) electrons. The van der Waals surface area contributed by atoms with Gasteiger partial charge >= 0.3 is 0 Å². The number of aromatic nitrogens is 3. The highest BCUT2D eigenvalue weighted by Crippen LogP contribution is 2.45. The highest BCUT2D eigenvalue weighted by atomic mass is 32.2. The third-order valence-electron chi connectivity index (χ3n) is 8.07. The molecule has 0 unspecified atom stereocenters. The second-order valence-corrected chi connectivity index (χ2v) is 12.4. The minimum absolute atomic E-state index is 0.00729. The average Bonchev–Trinajstić information content (AvgIpc) is 3.49. The Kier molecular flexibility index (Phi) is 5.65. The van der Waals surface area contributed by atoms with Gasteiger partial charge in [0.05, 0.1) is 22.5 Å². The molecule has 3 aromatic heterocycles. The number of hydrogen-bond donors (Lipinski definition) is 2. The Balaban J connectivity index is 1.36. The van der Waals surface area contributed by atoms with E-state index in [-0.39, 0.29) is 40.4 Å². The Bertz CT molecular complexity index is 1790. The number of anilines is 1. The molecule has 1 amide bonds. The van der Waals surface area contributed by atoms with Gasteiger partial charge in [0, 0.05) is 53.3 Å². The smallest absolute Gasteiger partial charge is 0.248 e. The molecule has 1 aromatic carbocycles. The molecule has 2 aliphatic heterocycles. The number of ether oxygens (including phenoxy) is 1. The SMILES string of the molecule is [2H]C([2H])([2H])Oc1ccc(-c2ccc(-c3ccn4c(N)c(S(C)(=O)=O)c([C@@H]5C[C@H]6CC[C@@H](C5)N6C(=O)CO)nc34)cn2)cc1. The van der Waals surface area contributed by atoms with Crippen LogP contribution < -0.4 is 10.5 Å². The molecule has 40 heavy (non-hydrogen) atoms. The largest absolute Gasteiger partial charge is 0.497 e. The number of hydrogen-bond acceptors (Lipinski definition) is 8. The van der Waals surface area contributed by atoms with Crippen molar-refractivity contribution >= 4 is 27.2 Å². The molecule has 2 bridgehead atoms. The standard InChI is InChI=1S/C29H31N5O5S/c1-39-22-8-3-17(4-9-22)24-10-5-18(15-31-24)23-11-12-33-28(30)27(40(2,37)38)26(32-29(23)33)19-13-20-6-7-21(14-19)34(20)25(36)16-35/h3-5,8-12,15,19-21,35H,6-7,13-14,16,30H2,1-2H3/t19-,20-,21+/i1D3. The van der Waals surface area contributed by atoms with E-state index in [2.05, 4.69) is 4.98 Å². The van der Waals surface area contributed by atoms with Gasteiger partial charge in [0.25, 0.3) is 0 Å². The first-order chi connectivity index (χ1) is 20.3. The lowest BCUT2D eigenvalue weighted by molar-refractivity contribution is -0.138. The van der Waals surface area contributed by atoms with Crippen molar-refractivity contribution in [2.75, 3.05) is 25.6 Å². The summed E-state index contributed by atoms with van der Waals surface area (Å²) in [5.41, 5.74) is 10.3. The Morgan fingerprint density at radius 2 is 1.82 bits per heavy atom. The van der Waals surface area contributed by atoms with Crippen LogP contribution in [0.4, 0.5) is 5.82 Å². The topological polar surface area (TPSA) is 140 Å². The van der Waals surface area contributed by atoms with Crippen LogP contribution in [0.3, 0.4) is 0 Å². The number of sulfone groups is 1. The van der Waals surface area contributed by atoms with Gasteiger partial charge in [0.2, 0.25) is 5.91 Å². The first-order valence-electron chi connectivity index (χ1n) is 14.5. The Morgan fingerprint density at radius 1 is 1.12 bits per heavy atom. The van der Waals surface area contributed by atoms with Crippen molar-refractivity contribution in [1.29, 1.82) is 0 Å². The Hall–Kier alpha value is -3.96. The number of rotatable bonds is 6. The van der Waals surface area contributed by atoms with E-state index in [0.29, 0.717) is 29.9 Å². The lowest BCUT2D eigenvalue weighted by atomic mass is 9.87. The van der Waals surface area contributed by atoms with Gasteiger partial charge in [-0.3, -0.25) is 14.2 Å². The van der Waals surface area contributed by atoms with E-state index in [1.807, 2.05) is 18.2 Å². The zero-order valence-electron chi connectivity index (χ0n) is 24.8. The second kappa shape index (κ2) is 9.90. The number of aliphatic hydroxyl groups is 1. The molecule has 2 fully saturated rings. The van der Waals surface area contributed by atoms with Crippen LogP contribution in [0.1, 0.15) is 41.4 Å². The minimum Gasteiger partial charge on any atom is -0.497 e. The van der Waals surface area contributed by atoms with E-state index in [1.54, 1.807) is 46.0 Å². The molecule has 11 heteroatoms. The molecule has 5 heterocycles. The number of benzene rings is 1. The number of fused-ring (bicyclic) bond motifs is 3. The molecule has 6 rings (SSSR count). The number of pyridine rings is 1. The molecule has 2 aliphatic rings. The van der Waals surface area contributed by atoms with Crippen LogP contribution >= 0.6 is 0 Å². The number of amides is 1. The molecule has 10 nitrogen and oxygen atoms in total. The monoisotopic (exact) mass is 564 g/mol. The zero-order chi connectivity index (χ0) is 30.7. The number of carbonyl (C=O) groups excluding carboxylic acids is 1. The molecule has 0 spiro atoms. The quantitative estimate of drug-likeness (QED) is 0.364. The van der Waals surface area contributed by atoms with Crippen LogP contribution in [-0.4, -0.2) is 70.7 Å². The number of piperidine rings is 1. The van der Waals surface area contributed by atoms with Crippen molar-refractivity contribution in [3.05, 3.63) is 60.6 Å².